The van der Waals surface area contributed by atoms with Gasteiger partial charge in [0.2, 0.25) is 0 Å². The Morgan fingerprint density at radius 3 is 0.763 bits per heavy atom. The largest absolute Gasteiger partial charge is 1.00 e. The first kappa shape index (κ1) is 105. The summed E-state index contributed by atoms with van der Waals surface area (Å²) in [6.45, 7) is 60.6. The number of allylic oxidation sites excluding steroid dienone is 12. The summed E-state index contributed by atoms with van der Waals surface area (Å²) >= 11 is 17.1. The summed E-state index contributed by atoms with van der Waals surface area (Å²) in [5.74, 6) is 1.42. The van der Waals surface area contributed by atoms with Crippen molar-refractivity contribution >= 4 is 125 Å². The van der Waals surface area contributed by atoms with E-state index in [0.717, 1.165) is 94.9 Å². The van der Waals surface area contributed by atoms with Gasteiger partial charge in [0.25, 0.3) is 16.6 Å². The van der Waals surface area contributed by atoms with Gasteiger partial charge in [0.1, 0.15) is 0 Å². The van der Waals surface area contributed by atoms with E-state index in [9.17, 15) is 0 Å². The third-order valence-electron chi connectivity index (χ3n) is 22.1. The molecule has 0 N–H and O–H groups in total. The minimum absolute atomic E-state index is 0. The van der Waals surface area contributed by atoms with E-state index in [1.54, 1.807) is 0 Å². The van der Waals surface area contributed by atoms with Crippen LogP contribution in [0.15, 0.2) is 344 Å². The first-order valence-electron chi connectivity index (χ1n) is 40.9. The molecule has 2 unspecified atom stereocenters. The minimum atomic E-state index is -2.65. The summed E-state index contributed by atoms with van der Waals surface area (Å²) in [4.78, 5) is 0. The standard InChI is InChI=1S/C29H42OSi2.C26H36OSi2.C24H30Cl2Si2.C18H25BrSi.C4H9.Li/c1-8-22-31(23-9-2,24-10-3)25-14-15-26-18-20-28(21-19-26)32(30-7,29(4,5)6)27-16-12-11-13-17-27;1-6-20-29(21-7-2,22-8-3)23-12-13-24-16-18-26(19-17-24)28(5,27-4)25-14-10-9-11-15-25;1-4-18-27(19-5-2,20-6-3)21-10-11-22-14-16-24(17-15-22)28(25,26)23-12-8-7-9-13-23;1-4-13-20(14-5-2,15-6-3)16-7-8-17-9-11-18(19)12-10-17;1-4(2)3;/h8-13,16-21H,1-3,14-15,22-25H2,4-7H3;6-11,14-19H,1-3,12-13,20-23H2,4-5H3;4-9,12-17H,1-3,10-11,18-21H2;4-6,9-12H,1-3,7-8,13-16H2;1-3H3;/q;;;;-1;+1. The molecule has 0 heterocycles. The van der Waals surface area contributed by atoms with Crippen molar-refractivity contribution in [3.8, 4) is 0 Å². The van der Waals surface area contributed by atoms with E-state index in [-0.39, 0.29) is 23.9 Å². The third-order valence-corrected chi connectivity index (χ3v) is 55.6. The maximum Gasteiger partial charge on any atom is 1.00 e. The van der Waals surface area contributed by atoms with Crippen LogP contribution in [0, 0.1) is 5.92 Å². The summed E-state index contributed by atoms with van der Waals surface area (Å²) in [6, 6.07) is 86.1. The van der Waals surface area contributed by atoms with Crippen molar-refractivity contribution in [1.29, 1.82) is 0 Å². The number of hydrogen-bond donors (Lipinski definition) is 0. The molecule has 0 amide bonds. The molecule has 2 atom stereocenters. The average molecular weight is 1740 g/mol. The van der Waals surface area contributed by atoms with Crippen LogP contribution in [0.2, 0.25) is 108 Å². The summed E-state index contributed by atoms with van der Waals surface area (Å²) in [5.41, 5.74) is 5.59. The minimum Gasteiger partial charge on any atom is -0.411 e. The van der Waals surface area contributed by atoms with Crippen LogP contribution >= 0.6 is 38.1 Å². The molecule has 0 saturated heterocycles. The predicted molar refractivity (Wildman–Crippen MR) is 535 cm³/mol. The van der Waals surface area contributed by atoms with Gasteiger partial charge in [0.05, 0.1) is 32.3 Å². The second kappa shape index (κ2) is 56.1. The normalized spacial score (nSPS) is 12.5. The van der Waals surface area contributed by atoms with Gasteiger partial charge in [-0.15, -0.1) is 101 Å². The van der Waals surface area contributed by atoms with Crippen LogP contribution < -0.4 is 50.0 Å². The molecule has 0 aromatic heterocycles. The van der Waals surface area contributed by atoms with E-state index in [2.05, 4.69) is 374 Å². The number of halogens is 3. The second-order valence-corrected chi connectivity index (χ2v) is 66.7. The molecular weight excluding hydrogens is 1600 g/mol. The van der Waals surface area contributed by atoms with E-state index < -0.39 is 55.6 Å². The molecule has 2 nitrogen and oxygen atoms in total. The summed E-state index contributed by atoms with van der Waals surface area (Å²) in [5, 5.41) is 7.41. The monoisotopic (exact) mass is 1740 g/mol. The van der Waals surface area contributed by atoms with Gasteiger partial charge in [0, 0.05) is 18.7 Å². The van der Waals surface area contributed by atoms with Crippen molar-refractivity contribution in [3.63, 3.8) is 0 Å². The third kappa shape index (κ3) is 34.5. The van der Waals surface area contributed by atoms with Gasteiger partial charge < -0.3 is 14.8 Å². The van der Waals surface area contributed by atoms with Gasteiger partial charge in [-0.3, -0.25) is 0 Å². The van der Waals surface area contributed by atoms with Crippen molar-refractivity contribution < 1.29 is 27.7 Å². The fourth-order valence-electron chi connectivity index (χ4n) is 16.2. The van der Waals surface area contributed by atoms with Crippen LogP contribution in [0.1, 0.15) is 89.5 Å². The molecule has 608 valence electrons. The summed E-state index contributed by atoms with van der Waals surface area (Å²) in [6.07, 6.45) is 34.5. The van der Waals surface area contributed by atoms with Crippen molar-refractivity contribution in [2.45, 2.75) is 201 Å². The summed E-state index contributed by atoms with van der Waals surface area (Å²) in [7, 11) is -6.34. The van der Waals surface area contributed by atoms with Gasteiger partial charge in [-0.05, 0) is 175 Å². The molecule has 0 saturated carbocycles. The van der Waals surface area contributed by atoms with Gasteiger partial charge in [0.15, 0.2) is 0 Å². The Bertz CT molecular complexity index is 3810. The maximum atomic E-state index is 6.79. The molecule has 0 spiro atoms. The molecule has 7 rings (SSSR count). The molecule has 13 heteroatoms. The quantitative estimate of drug-likeness (QED) is 0.0164. The summed E-state index contributed by atoms with van der Waals surface area (Å²) < 4.78 is 13.7. The Hall–Kier alpha value is -5.48. The fraction of sp³-hybridized carbons (Fsp3) is 0.337. The van der Waals surface area contributed by atoms with Crippen LogP contribution in [0.3, 0.4) is 0 Å². The van der Waals surface area contributed by atoms with Crippen molar-refractivity contribution in [2.24, 2.45) is 0 Å². The molecule has 0 fully saturated rings. The molecule has 0 aliphatic heterocycles. The molecule has 7 aromatic rings. The van der Waals surface area contributed by atoms with E-state index in [1.807, 2.05) is 44.6 Å². The molecule has 114 heavy (non-hydrogen) atoms. The molecule has 0 bridgehead atoms. The Morgan fingerprint density at radius 1 is 0.325 bits per heavy atom. The number of benzene rings is 7. The van der Waals surface area contributed by atoms with Gasteiger partial charge >= 0.3 is 25.6 Å². The van der Waals surface area contributed by atoms with E-state index in [1.165, 1.54) is 117 Å². The zero-order chi connectivity index (χ0) is 83.7. The zero-order valence-corrected chi connectivity index (χ0v) is 82.3. The van der Waals surface area contributed by atoms with Crippen LogP contribution in [0.5, 0.6) is 0 Å². The van der Waals surface area contributed by atoms with Crippen molar-refractivity contribution in [1.82, 2.24) is 0 Å². The predicted octanol–water partition coefficient (Wildman–Crippen LogP) is 24.8. The smallest absolute Gasteiger partial charge is 0.411 e. The second-order valence-electron chi connectivity index (χ2n) is 32.6. The molecule has 0 radical (unpaired) electrons. The van der Waals surface area contributed by atoms with Crippen LogP contribution in [0.4, 0.5) is 0 Å². The fourth-order valence-corrected chi connectivity index (χ4v) is 41.9. The van der Waals surface area contributed by atoms with E-state index in [4.69, 9.17) is 31.0 Å². The van der Waals surface area contributed by atoms with Crippen LogP contribution in [0.25, 0.3) is 0 Å². The number of aryl methyl sites for hydroxylation is 4. The first-order valence-corrected chi connectivity index (χ1v) is 61.4. The number of rotatable bonds is 48. The molecule has 7 aromatic carbocycles. The topological polar surface area (TPSA) is 18.5 Å². The van der Waals surface area contributed by atoms with Crippen LogP contribution in [-0.4, -0.2) is 69.8 Å². The SMILES string of the molecule is C=CC[Si](CC=C)(CC=C)CCCc1ccc(Br)cc1.C=CC[Si](CC=C)(CC=C)CCCc1ccc([Si](C)(OC)c2ccccc2)cc1.C=CC[Si](CC=C)(CC=C)CCCc1ccc([Si](Cl)(Cl)c2ccccc2)cc1.C=CC[Si](CC=C)(CC=C)CCCc1ccc([Si](OC)(c2ccccc2)C(C)(C)C)cc1.C[C-](C)C.[Li+]. The molecule has 0 aliphatic carbocycles. The molecular formula is C101H142BrCl2LiO2Si7. The Morgan fingerprint density at radius 2 is 0.526 bits per heavy atom. The Kier molecular flexibility index (Phi) is 51.4. The van der Waals surface area contributed by atoms with Gasteiger partial charge in [-0.2, -0.15) is 20.8 Å². The Balaban J connectivity index is 0.000000511. The van der Waals surface area contributed by atoms with Crippen LogP contribution in [-0.2, 0) is 34.5 Å². The first-order chi connectivity index (χ1) is 54.2. The van der Waals surface area contributed by atoms with Crippen molar-refractivity contribution in [3.05, 3.63) is 373 Å². The van der Waals surface area contributed by atoms with Crippen molar-refractivity contribution in [2.75, 3.05) is 14.2 Å². The zero-order valence-electron chi connectivity index (χ0n) is 72.2. The Labute approximate surface area is 733 Å². The maximum absolute atomic E-state index is 6.79. The van der Waals surface area contributed by atoms with E-state index >= 15 is 0 Å². The van der Waals surface area contributed by atoms with Gasteiger partial charge in [-0.1, -0.05) is 335 Å². The average Bonchev–Trinajstić information content (AvgIpc) is 0.747. The molecule has 0 aliphatic rings. The number of hydrogen-bond acceptors (Lipinski definition) is 2. The van der Waals surface area contributed by atoms with Gasteiger partial charge in [-0.25, -0.2) is 0 Å². The van der Waals surface area contributed by atoms with E-state index in [0.29, 0.717) is 0 Å².